The van der Waals surface area contributed by atoms with Crippen LogP contribution >= 0.6 is 15.6 Å². The molecule has 0 amide bonds. The SMILES string of the molecule is CCC(C)CCCCCCCCC(=O)OC[C@H](COP(=O)(O)OC[C@H](O)COP(=O)(O)OC[C@@H](COC(=O)CCCCCCCCCCCC(C)C)OC(=O)CCCCCCCCCCCCC(C)C)OC(=O)CCCCCCCCCCCCCCCCCCCCC(C)C. The molecule has 0 fully saturated rings. The van der Waals surface area contributed by atoms with E-state index in [9.17, 15) is 43.2 Å². The maximum atomic E-state index is 13.1. The minimum atomic E-state index is -4.96. The third-order valence-electron chi connectivity index (χ3n) is 18.2. The summed E-state index contributed by atoms with van der Waals surface area (Å²) < 4.78 is 68.5. The van der Waals surface area contributed by atoms with Crippen LogP contribution in [0.2, 0.25) is 0 Å². The van der Waals surface area contributed by atoms with E-state index in [0.29, 0.717) is 25.7 Å². The van der Waals surface area contributed by atoms with Crippen LogP contribution in [0, 0.1) is 23.7 Å². The van der Waals surface area contributed by atoms with Crippen LogP contribution in [0.25, 0.3) is 0 Å². The Morgan fingerprint density at radius 2 is 0.500 bits per heavy atom. The molecule has 0 saturated carbocycles. The van der Waals surface area contributed by atoms with Gasteiger partial charge in [-0.1, -0.05) is 338 Å². The van der Waals surface area contributed by atoms with E-state index in [1.807, 2.05) is 0 Å². The number of carbonyl (C=O) groups is 4. The van der Waals surface area contributed by atoms with Gasteiger partial charge in [-0.3, -0.25) is 37.3 Å². The van der Waals surface area contributed by atoms with E-state index in [4.69, 9.17) is 37.0 Å². The van der Waals surface area contributed by atoms with Gasteiger partial charge in [0.15, 0.2) is 12.2 Å². The molecule has 0 aromatic rings. The molecule has 19 heteroatoms. The van der Waals surface area contributed by atoms with Crippen LogP contribution in [0.1, 0.15) is 389 Å². The number of hydrogen-bond donors (Lipinski definition) is 3. The summed E-state index contributed by atoms with van der Waals surface area (Å²) in [7, 11) is -9.91. The van der Waals surface area contributed by atoms with E-state index in [1.165, 1.54) is 186 Å². The second-order valence-electron chi connectivity index (χ2n) is 29.4. The molecule has 3 unspecified atom stereocenters. The molecule has 0 aliphatic carbocycles. The van der Waals surface area contributed by atoms with E-state index < -0.39 is 97.5 Å². The lowest BCUT2D eigenvalue weighted by Gasteiger charge is -2.21. The lowest BCUT2D eigenvalue weighted by molar-refractivity contribution is -0.161. The largest absolute Gasteiger partial charge is 0.472 e. The lowest BCUT2D eigenvalue weighted by atomic mass is 10.00. The van der Waals surface area contributed by atoms with Crippen LogP contribution in [-0.4, -0.2) is 96.7 Å². The van der Waals surface area contributed by atoms with Gasteiger partial charge < -0.3 is 33.8 Å². The molecule has 0 aromatic carbocycles. The van der Waals surface area contributed by atoms with Gasteiger partial charge in [0.05, 0.1) is 26.4 Å². The average Bonchev–Trinajstić information content (AvgIpc) is 1.53. The summed E-state index contributed by atoms with van der Waals surface area (Å²) in [6.45, 7) is 14.2. The van der Waals surface area contributed by atoms with Gasteiger partial charge in [-0.2, -0.15) is 0 Å². The fourth-order valence-corrected chi connectivity index (χ4v) is 13.3. The van der Waals surface area contributed by atoms with Gasteiger partial charge >= 0.3 is 39.5 Å². The van der Waals surface area contributed by atoms with E-state index in [2.05, 4.69) is 55.4 Å². The van der Waals surface area contributed by atoms with Crippen molar-refractivity contribution in [3.05, 3.63) is 0 Å². The van der Waals surface area contributed by atoms with Crippen LogP contribution in [0.5, 0.6) is 0 Å². The Morgan fingerprint density at radius 3 is 0.740 bits per heavy atom. The molecule has 0 radical (unpaired) electrons. The molecule has 3 N–H and O–H groups in total. The van der Waals surface area contributed by atoms with Gasteiger partial charge in [-0.25, -0.2) is 9.13 Å². The number of phosphoric ester groups is 2. The summed E-state index contributed by atoms with van der Waals surface area (Å²) in [6, 6.07) is 0. The van der Waals surface area contributed by atoms with E-state index in [0.717, 1.165) is 120 Å². The zero-order valence-electron chi connectivity index (χ0n) is 63.0. The Morgan fingerprint density at radius 1 is 0.292 bits per heavy atom. The predicted octanol–water partition coefficient (Wildman–Crippen LogP) is 22.4. The Bertz CT molecular complexity index is 1890. The fourth-order valence-electron chi connectivity index (χ4n) is 11.7. The van der Waals surface area contributed by atoms with Crippen molar-refractivity contribution in [2.24, 2.45) is 23.7 Å². The number of rotatable bonds is 74. The first-order chi connectivity index (χ1) is 46.1. The molecule has 0 aliphatic heterocycles. The zero-order chi connectivity index (χ0) is 71.0. The minimum Gasteiger partial charge on any atom is -0.462 e. The van der Waals surface area contributed by atoms with Gasteiger partial charge in [-0.05, 0) is 49.4 Å². The highest BCUT2D eigenvalue weighted by molar-refractivity contribution is 7.47. The van der Waals surface area contributed by atoms with Gasteiger partial charge in [0.2, 0.25) is 0 Å². The molecule has 96 heavy (non-hydrogen) atoms. The smallest absolute Gasteiger partial charge is 0.462 e. The van der Waals surface area contributed by atoms with Gasteiger partial charge in [-0.15, -0.1) is 0 Å². The normalized spacial score (nSPS) is 14.4. The predicted molar refractivity (Wildman–Crippen MR) is 391 cm³/mol. The first-order valence-electron chi connectivity index (χ1n) is 39.7. The Hall–Kier alpha value is -1.94. The standard InChI is InChI=1S/C77H150O17P2/c1-9-70(8)56-48-40-35-36-42-50-58-75(80)88-64-73(94-76(81)59-51-43-33-26-19-17-15-13-11-10-12-14-16-18-23-29-37-45-53-67(2)3)66-92-96(85,86)90-62-71(78)61-89-95(83,84)91-65-72(63-87-74(79)57-49-41-32-28-22-25-31-39-47-55-69(6)7)93-77(82)60-52-44-34-27-21-20-24-30-38-46-54-68(4)5/h67-73,78H,9-66H2,1-8H3,(H,83,84)(H,85,86)/t70?,71-,72-,73-/m1/s1. The number of aliphatic hydroxyl groups excluding tert-OH is 1. The highest BCUT2D eigenvalue weighted by atomic mass is 31.2. The number of unbranched alkanes of at least 4 members (excludes halogenated alkanes) is 39. The molecule has 570 valence electrons. The van der Waals surface area contributed by atoms with Gasteiger partial charge in [0.1, 0.15) is 19.3 Å². The first-order valence-corrected chi connectivity index (χ1v) is 42.7. The van der Waals surface area contributed by atoms with Gasteiger partial charge in [0.25, 0.3) is 0 Å². The van der Waals surface area contributed by atoms with Crippen molar-refractivity contribution in [2.45, 2.75) is 408 Å². The van der Waals surface area contributed by atoms with Crippen molar-refractivity contribution >= 4 is 39.5 Å². The summed E-state index contributed by atoms with van der Waals surface area (Å²) in [5.74, 6) is 0.925. The third-order valence-corrected chi connectivity index (χ3v) is 20.1. The molecule has 0 spiro atoms. The summed E-state index contributed by atoms with van der Waals surface area (Å²) in [4.78, 5) is 72.8. The van der Waals surface area contributed by atoms with Crippen molar-refractivity contribution in [3.8, 4) is 0 Å². The Balaban J connectivity index is 5.20. The summed E-state index contributed by atoms with van der Waals surface area (Å²) >= 11 is 0. The maximum Gasteiger partial charge on any atom is 0.472 e. The van der Waals surface area contributed by atoms with E-state index >= 15 is 0 Å². The molecule has 0 rings (SSSR count). The van der Waals surface area contributed by atoms with Crippen molar-refractivity contribution in [3.63, 3.8) is 0 Å². The maximum absolute atomic E-state index is 13.1. The van der Waals surface area contributed by atoms with Crippen LogP contribution in [0.4, 0.5) is 0 Å². The number of carbonyl (C=O) groups excluding carboxylic acids is 4. The molecule has 17 nitrogen and oxygen atoms in total. The van der Waals surface area contributed by atoms with Crippen LogP contribution < -0.4 is 0 Å². The van der Waals surface area contributed by atoms with E-state index in [-0.39, 0.29) is 25.7 Å². The lowest BCUT2D eigenvalue weighted by Crippen LogP contribution is -2.30. The first kappa shape index (κ1) is 94.1. The summed E-state index contributed by atoms with van der Waals surface area (Å²) in [5.41, 5.74) is 0. The van der Waals surface area contributed by atoms with Gasteiger partial charge in [0, 0.05) is 25.7 Å². The molecule has 6 atom stereocenters. The molecule has 0 saturated heterocycles. The third kappa shape index (κ3) is 69.2. The molecule has 0 heterocycles. The highest BCUT2D eigenvalue weighted by Crippen LogP contribution is 2.45. The molecule has 0 bridgehead atoms. The number of aliphatic hydroxyl groups is 1. The van der Waals surface area contributed by atoms with Crippen LogP contribution in [-0.2, 0) is 65.4 Å². The molecule has 0 aliphatic rings. The van der Waals surface area contributed by atoms with Crippen LogP contribution in [0.3, 0.4) is 0 Å². The van der Waals surface area contributed by atoms with E-state index in [1.54, 1.807) is 0 Å². The zero-order valence-corrected chi connectivity index (χ0v) is 64.8. The minimum absolute atomic E-state index is 0.105. The van der Waals surface area contributed by atoms with Crippen molar-refractivity contribution in [1.82, 2.24) is 0 Å². The average molecular weight is 1410 g/mol. The Kier molecular flexibility index (Phi) is 65.0. The van der Waals surface area contributed by atoms with Crippen molar-refractivity contribution in [1.29, 1.82) is 0 Å². The monoisotopic (exact) mass is 1410 g/mol. The Labute approximate surface area is 588 Å². The van der Waals surface area contributed by atoms with Crippen molar-refractivity contribution < 1.29 is 80.2 Å². The number of hydrogen-bond acceptors (Lipinski definition) is 15. The summed E-state index contributed by atoms with van der Waals surface area (Å²) in [6.07, 6.45) is 51.5. The summed E-state index contributed by atoms with van der Waals surface area (Å²) in [5, 5.41) is 10.6. The fraction of sp³-hybridized carbons (Fsp3) is 0.948. The molecular weight excluding hydrogens is 1260 g/mol. The molecular formula is C77H150O17P2. The topological polar surface area (TPSA) is 237 Å². The number of esters is 4. The van der Waals surface area contributed by atoms with Crippen molar-refractivity contribution in [2.75, 3.05) is 39.6 Å². The second-order valence-corrected chi connectivity index (χ2v) is 32.3. The highest BCUT2D eigenvalue weighted by Gasteiger charge is 2.30. The van der Waals surface area contributed by atoms with Crippen LogP contribution in [0.15, 0.2) is 0 Å². The number of phosphoric acid groups is 2. The second kappa shape index (κ2) is 66.3. The molecule has 0 aromatic heterocycles. The quantitative estimate of drug-likeness (QED) is 0.0222. The number of ether oxygens (including phenoxy) is 4.